The monoisotopic (exact) mass is 171 g/mol. The van der Waals surface area contributed by atoms with Gasteiger partial charge in [-0.05, 0) is 11.8 Å². The summed E-state index contributed by atoms with van der Waals surface area (Å²) < 4.78 is 0. The number of carbonyl (C=O) groups excluding carboxylic acids is 1. The van der Waals surface area contributed by atoms with Crippen LogP contribution < -0.4 is 5.32 Å². The smallest absolute Gasteiger partial charge is 0.220 e. The first-order valence-corrected chi connectivity index (χ1v) is 4.93. The van der Waals surface area contributed by atoms with Crippen LogP contribution in [0.4, 0.5) is 0 Å². The van der Waals surface area contributed by atoms with Crippen molar-refractivity contribution in [2.75, 3.05) is 6.54 Å². The van der Waals surface area contributed by atoms with Gasteiger partial charge in [0.1, 0.15) is 0 Å². The third kappa shape index (κ3) is 3.24. The van der Waals surface area contributed by atoms with Gasteiger partial charge in [0.25, 0.3) is 0 Å². The molecule has 0 radical (unpaired) electrons. The highest BCUT2D eigenvalue weighted by Gasteiger charge is 2.32. The average molecular weight is 171 g/mol. The lowest BCUT2D eigenvalue weighted by atomic mass is 9.85. The lowest BCUT2D eigenvalue weighted by Crippen LogP contribution is -2.19. The van der Waals surface area contributed by atoms with Gasteiger partial charge in [-0.1, -0.05) is 34.1 Å². The van der Waals surface area contributed by atoms with E-state index in [1.807, 2.05) is 13.8 Å². The molecule has 0 spiro atoms. The minimum absolute atomic E-state index is 0.218. The van der Waals surface area contributed by atoms with Crippen LogP contribution in [0.1, 0.15) is 47.0 Å². The molecule has 1 fully saturated rings. The second-order valence-electron chi connectivity index (χ2n) is 3.51. The fourth-order valence-corrected chi connectivity index (χ4v) is 1.60. The lowest BCUT2D eigenvalue weighted by molar-refractivity contribution is -0.119. The van der Waals surface area contributed by atoms with Crippen molar-refractivity contribution >= 4 is 5.91 Å². The van der Waals surface area contributed by atoms with Crippen molar-refractivity contribution in [3.63, 3.8) is 0 Å². The van der Waals surface area contributed by atoms with E-state index in [0.717, 1.165) is 19.4 Å². The molecule has 12 heavy (non-hydrogen) atoms. The summed E-state index contributed by atoms with van der Waals surface area (Å²) >= 11 is 0. The Morgan fingerprint density at radius 1 is 1.50 bits per heavy atom. The van der Waals surface area contributed by atoms with Crippen LogP contribution >= 0.6 is 0 Å². The number of rotatable bonds is 2. The van der Waals surface area contributed by atoms with Gasteiger partial charge < -0.3 is 5.32 Å². The van der Waals surface area contributed by atoms with E-state index in [9.17, 15) is 4.79 Å². The molecule has 1 atom stereocenters. The fourth-order valence-electron chi connectivity index (χ4n) is 1.60. The number of carbonyl (C=O) groups is 1. The van der Waals surface area contributed by atoms with Gasteiger partial charge in [-0.2, -0.15) is 0 Å². The van der Waals surface area contributed by atoms with Crippen molar-refractivity contribution in [3.8, 4) is 0 Å². The molecule has 72 valence electrons. The van der Waals surface area contributed by atoms with Crippen molar-refractivity contribution in [3.05, 3.63) is 0 Å². The molecule has 1 heterocycles. The molecule has 1 N–H and O–H groups in total. The summed E-state index contributed by atoms with van der Waals surface area (Å²) in [5.41, 5.74) is 0.256. The Labute approximate surface area is 75.7 Å². The lowest BCUT2D eigenvalue weighted by Gasteiger charge is -2.19. The van der Waals surface area contributed by atoms with E-state index in [4.69, 9.17) is 0 Å². The van der Waals surface area contributed by atoms with E-state index in [-0.39, 0.29) is 11.3 Å². The SMILES string of the molecule is CC.CCCC1(C)CNC(=O)C1. The largest absolute Gasteiger partial charge is 0.356 e. The summed E-state index contributed by atoms with van der Waals surface area (Å²) in [5, 5.41) is 2.86. The Hall–Kier alpha value is -0.530. The second kappa shape index (κ2) is 5.18. The number of hydrogen-bond donors (Lipinski definition) is 1. The molecule has 1 aliphatic rings. The molecule has 1 amide bonds. The highest BCUT2D eigenvalue weighted by atomic mass is 16.1. The van der Waals surface area contributed by atoms with Gasteiger partial charge in [-0.3, -0.25) is 4.79 Å². The van der Waals surface area contributed by atoms with Gasteiger partial charge in [0, 0.05) is 13.0 Å². The van der Waals surface area contributed by atoms with Crippen LogP contribution in [0.5, 0.6) is 0 Å². The maximum atomic E-state index is 10.8. The summed E-state index contributed by atoms with van der Waals surface area (Å²) in [7, 11) is 0. The Morgan fingerprint density at radius 3 is 2.42 bits per heavy atom. The molecular formula is C10H21NO. The minimum atomic E-state index is 0.218. The van der Waals surface area contributed by atoms with Crippen molar-refractivity contribution in [1.82, 2.24) is 5.32 Å². The maximum absolute atomic E-state index is 10.8. The normalized spacial score (nSPS) is 27.5. The van der Waals surface area contributed by atoms with Crippen LogP contribution in [-0.4, -0.2) is 12.5 Å². The molecule has 0 aromatic rings. The maximum Gasteiger partial charge on any atom is 0.220 e. The molecule has 0 aromatic carbocycles. The van der Waals surface area contributed by atoms with E-state index in [2.05, 4.69) is 19.2 Å². The molecule has 0 saturated carbocycles. The Morgan fingerprint density at radius 2 is 2.08 bits per heavy atom. The summed E-state index contributed by atoms with van der Waals surface area (Å²) in [4.78, 5) is 10.8. The summed E-state index contributed by atoms with van der Waals surface area (Å²) in [6.45, 7) is 9.21. The standard InChI is InChI=1S/C8H15NO.C2H6/c1-3-4-8(2)5-7(10)9-6-8;1-2/h3-6H2,1-2H3,(H,9,10);1-2H3. The van der Waals surface area contributed by atoms with E-state index in [1.54, 1.807) is 0 Å². The first-order chi connectivity index (χ1) is 5.66. The predicted molar refractivity (Wildman–Crippen MR) is 52.0 cm³/mol. The Kier molecular flexibility index (Phi) is 4.95. The van der Waals surface area contributed by atoms with E-state index >= 15 is 0 Å². The van der Waals surface area contributed by atoms with Crippen LogP contribution in [0, 0.1) is 5.41 Å². The van der Waals surface area contributed by atoms with Crippen LogP contribution in [0.15, 0.2) is 0 Å². The molecule has 1 aliphatic heterocycles. The van der Waals surface area contributed by atoms with Gasteiger partial charge in [0.2, 0.25) is 5.91 Å². The second-order valence-corrected chi connectivity index (χ2v) is 3.51. The van der Waals surface area contributed by atoms with Gasteiger partial charge in [0.15, 0.2) is 0 Å². The summed E-state index contributed by atoms with van der Waals surface area (Å²) in [5.74, 6) is 0.218. The van der Waals surface area contributed by atoms with Crippen LogP contribution in [0.3, 0.4) is 0 Å². The van der Waals surface area contributed by atoms with Crippen molar-refractivity contribution in [1.29, 1.82) is 0 Å². The summed E-state index contributed by atoms with van der Waals surface area (Å²) in [6, 6.07) is 0. The fraction of sp³-hybridized carbons (Fsp3) is 0.900. The predicted octanol–water partition coefficient (Wildman–Crippen LogP) is 2.34. The van der Waals surface area contributed by atoms with E-state index in [0.29, 0.717) is 0 Å². The molecule has 1 unspecified atom stereocenters. The molecule has 0 bridgehead atoms. The average Bonchev–Trinajstić information content (AvgIpc) is 2.36. The van der Waals surface area contributed by atoms with Gasteiger partial charge in [0.05, 0.1) is 0 Å². The third-order valence-electron chi connectivity index (χ3n) is 2.15. The van der Waals surface area contributed by atoms with Gasteiger partial charge in [-0.25, -0.2) is 0 Å². The Bertz CT molecular complexity index is 145. The molecule has 2 heteroatoms. The zero-order valence-electron chi connectivity index (χ0n) is 8.74. The third-order valence-corrected chi connectivity index (χ3v) is 2.15. The minimum Gasteiger partial charge on any atom is -0.356 e. The van der Waals surface area contributed by atoms with Crippen LogP contribution in [0.2, 0.25) is 0 Å². The summed E-state index contributed by atoms with van der Waals surface area (Å²) in [6.07, 6.45) is 3.05. The first kappa shape index (κ1) is 11.5. The number of amides is 1. The molecule has 1 saturated heterocycles. The Balaban J connectivity index is 0.000000561. The van der Waals surface area contributed by atoms with Crippen molar-refractivity contribution in [2.24, 2.45) is 5.41 Å². The highest BCUT2D eigenvalue weighted by Crippen LogP contribution is 2.30. The zero-order chi connectivity index (χ0) is 9.61. The highest BCUT2D eigenvalue weighted by molar-refractivity contribution is 5.79. The number of nitrogens with one attached hydrogen (secondary N) is 1. The van der Waals surface area contributed by atoms with Crippen LogP contribution in [-0.2, 0) is 4.79 Å². The van der Waals surface area contributed by atoms with Gasteiger partial charge in [-0.15, -0.1) is 0 Å². The van der Waals surface area contributed by atoms with Crippen molar-refractivity contribution < 1.29 is 4.79 Å². The van der Waals surface area contributed by atoms with Crippen molar-refractivity contribution in [2.45, 2.75) is 47.0 Å². The number of hydrogen-bond acceptors (Lipinski definition) is 1. The van der Waals surface area contributed by atoms with E-state index < -0.39 is 0 Å². The molecule has 1 rings (SSSR count). The topological polar surface area (TPSA) is 29.1 Å². The molecular weight excluding hydrogens is 150 g/mol. The molecule has 0 aromatic heterocycles. The molecule has 2 nitrogen and oxygen atoms in total. The van der Waals surface area contributed by atoms with E-state index in [1.165, 1.54) is 6.42 Å². The van der Waals surface area contributed by atoms with Gasteiger partial charge >= 0.3 is 0 Å². The molecule has 0 aliphatic carbocycles. The quantitative estimate of drug-likeness (QED) is 0.679. The zero-order valence-corrected chi connectivity index (χ0v) is 8.74. The first-order valence-electron chi connectivity index (χ1n) is 4.93. The van der Waals surface area contributed by atoms with Crippen LogP contribution in [0.25, 0.3) is 0 Å².